The number of hydrogen-bond donors (Lipinski definition) is 0. The molecule has 3 heterocycles. The quantitative estimate of drug-likeness (QED) is 0.561. The van der Waals surface area contributed by atoms with E-state index in [1.54, 1.807) is 6.33 Å². The molecule has 32 heavy (non-hydrogen) atoms. The van der Waals surface area contributed by atoms with Crippen LogP contribution in [0.15, 0.2) is 24.5 Å². The van der Waals surface area contributed by atoms with Gasteiger partial charge in [0.05, 0.1) is 0 Å². The third-order valence-corrected chi connectivity index (χ3v) is 7.40. The number of piperidine rings is 1. The molecule has 2 aliphatic heterocycles. The summed E-state index contributed by atoms with van der Waals surface area (Å²) in [7, 11) is 0. The van der Waals surface area contributed by atoms with Gasteiger partial charge in [-0.05, 0) is 76.1 Å². The van der Waals surface area contributed by atoms with Gasteiger partial charge < -0.3 is 14.5 Å². The highest BCUT2D eigenvalue weighted by molar-refractivity contribution is 6.30. The van der Waals surface area contributed by atoms with E-state index in [-0.39, 0.29) is 11.5 Å². The largest absolute Gasteiger partial charge is 0.444 e. The SMILES string of the molecule is C[C@@H]1CCc2ncnc(N3CC4(CCN(C(=O)OC(C)(C)C)CC4)c4cc(Cl)ccc43)c21. The summed E-state index contributed by atoms with van der Waals surface area (Å²) in [5, 5.41) is 0.751. The Morgan fingerprint density at radius 1 is 1.22 bits per heavy atom. The fourth-order valence-electron chi connectivity index (χ4n) is 5.54. The molecule has 3 aliphatic rings. The molecule has 0 bridgehead atoms. The number of fused-ring (bicyclic) bond motifs is 3. The van der Waals surface area contributed by atoms with Crippen molar-refractivity contribution in [3.63, 3.8) is 0 Å². The number of anilines is 2. The monoisotopic (exact) mass is 454 g/mol. The number of hydrogen-bond acceptors (Lipinski definition) is 5. The van der Waals surface area contributed by atoms with Gasteiger partial charge in [0.25, 0.3) is 0 Å². The number of aryl methyl sites for hydroxylation is 1. The molecule has 0 unspecified atom stereocenters. The molecule has 0 saturated carbocycles. The molecule has 1 fully saturated rings. The van der Waals surface area contributed by atoms with E-state index in [2.05, 4.69) is 28.9 Å². The fourth-order valence-corrected chi connectivity index (χ4v) is 5.71. The van der Waals surface area contributed by atoms with Gasteiger partial charge in [-0.2, -0.15) is 0 Å². The second-order valence-corrected chi connectivity index (χ2v) is 10.9. The second kappa shape index (κ2) is 7.62. The van der Waals surface area contributed by atoms with Crippen LogP contribution >= 0.6 is 11.6 Å². The molecule has 1 aliphatic carbocycles. The predicted octanol–water partition coefficient (Wildman–Crippen LogP) is 5.60. The highest BCUT2D eigenvalue weighted by Gasteiger charge is 2.47. The van der Waals surface area contributed by atoms with E-state index in [1.807, 2.05) is 31.7 Å². The molecule has 1 aromatic carbocycles. The lowest BCUT2D eigenvalue weighted by Crippen LogP contribution is -2.48. The predicted molar refractivity (Wildman–Crippen MR) is 126 cm³/mol. The Labute approximate surface area is 194 Å². The van der Waals surface area contributed by atoms with Crippen LogP contribution in [-0.2, 0) is 16.6 Å². The Balaban J connectivity index is 1.47. The maximum atomic E-state index is 12.6. The summed E-state index contributed by atoms with van der Waals surface area (Å²) < 4.78 is 5.61. The Morgan fingerprint density at radius 2 is 1.97 bits per heavy atom. The van der Waals surface area contributed by atoms with Crippen LogP contribution in [0, 0.1) is 0 Å². The van der Waals surface area contributed by atoms with Crippen LogP contribution in [0.3, 0.4) is 0 Å². The maximum Gasteiger partial charge on any atom is 0.410 e. The number of rotatable bonds is 1. The van der Waals surface area contributed by atoms with Crippen molar-refractivity contribution in [2.45, 2.75) is 70.3 Å². The summed E-state index contributed by atoms with van der Waals surface area (Å²) in [6.07, 6.45) is 5.37. The van der Waals surface area contributed by atoms with Crippen molar-refractivity contribution in [1.82, 2.24) is 14.9 Å². The number of carbonyl (C=O) groups excluding carboxylic acids is 1. The summed E-state index contributed by atoms with van der Waals surface area (Å²) in [6.45, 7) is 10.2. The lowest BCUT2D eigenvalue weighted by atomic mass is 9.74. The lowest BCUT2D eigenvalue weighted by Gasteiger charge is -2.40. The number of nitrogens with zero attached hydrogens (tertiary/aromatic N) is 4. The van der Waals surface area contributed by atoms with Crippen LogP contribution in [0.25, 0.3) is 0 Å². The van der Waals surface area contributed by atoms with Gasteiger partial charge in [-0.15, -0.1) is 0 Å². The summed E-state index contributed by atoms with van der Waals surface area (Å²) in [4.78, 5) is 26.2. The van der Waals surface area contributed by atoms with Crippen molar-refractivity contribution in [3.8, 4) is 0 Å². The average Bonchev–Trinajstić information content (AvgIpc) is 3.26. The minimum Gasteiger partial charge on any atom is -0.444 e. The highest BCUT2D eigenvalue weighted by atomic mass is 35.5. The molecule has 1 spiro atoms. The molecule has 1 saturated heterocycles. The van der Waals surface area contributed by atoms with E-state index in [0.717, 1.165) is 43.1 Å². The molecule has 1 atom stereocenters. The molecule has 1 aromatic heterocycles. The zero-order chi connectivity index (χ0) is 22.7. The van der Waals surface area contributed by atoms with E-state index in [1.165, 1.54) is 22.5 Å². The van der Waals surface area contributed by atoms with Crippen molar-refractivity contribution in [3.05, 3.63) is 46.4 Å². The van der Waals surface area contributed by atoms with Crippen LogP contribution in [0.1, 0.15) is 69.7 Å². The Hall–Kier alpha value is -2.34. The summed E-state index contributed by atoms with van der Waals surface area (Å²) in [6, 6.07) is 6.21. The number of carbonyl (C=O) groups is 1. The first-order valence-corrected chi connectivity index (χ1v) is 11.9. The first-order chi connectivity index (χ1) is 15.2. The first-order valence-electron chi connectivity index (χ1n) is 11.6. The number of ether oxygens (including phenoxy) is 1. The van der Waals surface area contributed by atoms with Gasteiger partial charge in [0, 0.05) is 47.0 Å². The number of aromatic nitrogens is 2. The minimum atomic E-state index is -0.486. The van der Waals surface area contributed by atoms with Gasteiger partial charge in [0.2, 0.25) is 0 Å². The van der Waals surface area contributed by atoms with Crippen LogP contribution < -0.4 is 4.90 Å². The Bertz CT molecular complexity index is 1060. The Morgan fingerprint density at radius 3 is 2.69 bits per heavy atom. The van der Waals surface area contributed by atoms with Crippen molar-refractivity contribution in [2.24, 2.45) is 0 Å². The molecule has 170 valence electrons. The van der Waals surface area contributed by atoms with Crippen molar-refractivity contribution >= 4 is 29.2 Å². The van der Waals surface area contributed by atoms with Gasteiger partial charge in [-0.25, -0.2) is 14.8 Å². The van der Waals surface area contributed by atoms with Crippen LogP contribution in [0.5, 0.6) is 0 Å². The van der Waals surface area contributed by atoms with E-state index in [0.29, 0.717) is 19.0 Å². The van der Waals surface area contributed by atoms with Gasteiger partial charge in [0.1, 0.15) is 17.7 Å². The van der Waals surface area contributed by atoms with Gasteiger partial charge in [-0.1, -0.05) is 18.5 Å². The third-order valence-electron chi connectivity index (χ3n) is 7.16. The maximum absolute atomic E-state index is 12.6. The molecule has 2 aromatic rings. The van der Waals surface area contributed by atoms with Crippen molar-refractivity contribution < 1.29 is 9.53 Å². The van der Waals surface area contributed by atoms with E-state index in [4.69, 9.17) is 21.3 Å². The molecule has 7 heteroatoms. The minimum absolute atomic E-state index is 0.0571. The van der Waals surface area contributed by atoms with Gasteiger partial charge in [0.15, 0.2) is 0 Å². The molecule has 0 radical (unpaired) electrons. The molecular formula is C25H31ClN4O2. The summed E-state index contributed by atoms with van der Waals surface area (Å²) in [5.41, 5.74) is 4.38. The summed E-state index contributed by atoms with van der Waals surface area (Å²) >= 11 is 6.46. The van der Waals surface area contributed by atoms with E-state index >= 15 is 0 Å². The second-order valence-electron chi connectivity index (χ2n) is 10.5. The van der Waals surface area contributed by atoms with Gasteiger partial charge >= 0.3 is 6.09 Å². The average molecular weight is 455 g/mol. The topological polar surface area (TPSA) is 58.6 Å². The smallest absolute Gasteiger partial charge is 0.410 e. The molecule has 0 N–H and O–H groups in total. The Kier molecular flexibility index (Phi) is 5.12. The number of benzene rings is 1. The zero-order valence-electron chi connectivity index (χ0n) is 19.3. The van der Waals surface area contributed by atoms with E-state index < -0.39 is 5.60 Å². The molecule has 1 amide bonds. The molecular weight excluding hydrogens is 424 g/mol. The standard InChI is InChI=1S/C25H31ClN4O2/c1-16-5-7-19-21(16)22(28-15-27-19)30-14-25(18-13-17(26)6-8-20(18)30)9-11-29(12-10-25)23(31)32-24(2,3)4/h6,8,13,15-16H,5,7,9-12,14H2,1-4H3/t16-/m1/s1. The normalized spacial score (nSPS) is 21.6. The van der Waals surface area contributed by atoms with E-state index in [9.17, 15) is 4.79 Å². The van der Waals surface area contributed by atoms with Crippen molar-refractivity contribution in [1.29, 1.82) is 0 Å². The van der Waals surface area contributed by atoms with Crippen LogP contribution in [-0.4, -0.2) is 46.2 Å². The number of halogens is 1. The van der Waals surface area contributed by atoms with Gasteiger partial charge in [-0.3, -0.25) is 0 Å². The molecule has 6 nitrogen and oxygen atoms in total. The van der Waals surface area contributed by atoms with Crippen molar-refractivity contribution in [2.75, 3.05) is 24.5 Å². The third kappa shape index (κ3) is 3.62. The first kappa shape index (κ1) is 21.5. The number of likely N-dealkylation sites (tertiary alicyclic amines) is 1. The number of amides is 1. The highest BCUT2D eigenvalue weighted by Crippen LogP contribution is 2.52. The summed E-state index contributed by atoms with van der Waals surface area (Å²) in [5.74, 6) is 1.50. The molecule has 5 rings (SSSR count). The fraction of sp³-hybridized carbons (Fsp3) is 0.560. The van der Waals surface area contributed by atoms with Crippen LogP contribution in [0.4, 0.5) is 16.3 Å². The lowest BCUT2D eigenvalue weighted by molar-refractivity contribution is 0.0171. The zero-order valence-corrected chi connectivity index (χ0v) is 20.1. The van der Waals surface area contributed by atoms with Crippen LogP contribution in [0.2, 0.25) is 5.02 Å².